The topological polar surface area (TPSA) is 43.8 Å². The average molecular weight is 167 g/mol. The van der Waals surface area contributed by atoms with E-state index in [2.05, 4.69) is 18.9 Å². The van der Waals surface area contributed by atoms with E-state index in [0.29, 0.717) is 5.92 Å². The van der Waals surface area contributed by atoms with Crippen LogP contribution in [0, 0.1) is 0 Å². The van der Waals surface area contributed by atoms with Gasteiger partial charge in [-0.3, -0.25) is 4.68 Å². The number of nitrogens with two attached hydrogens (primary N) is 1. The zero-order valence-corrected chi connectivity index (χ0v) is 7.99. The fourth-order valence-corrected chi connectivity index (χ4v) is 1.26. The van der Waals surface area contributed by atoms with Crippen LogP contribution in [-0.4, -0.2) is 15.8 Å². The van der Waals surface area contributed by atoms with Crippen LogP contribution in [0.4, 0.5) is 0 Å². The lowest BCUT2D eigenvalue weighted by Crippen LogP contribution is -2.24. The lowest BCUT2D eigenvalue weighted by atomic mass is 10.0. The molecule has 1 heterocycles. The highest BCUT2D eigenvalue weighted by atomic mass is 15.3. The fourth-order valence-electron chi connectivity index (χ4n) is 1.26. The van der Waals surface area contributed by atoms with Crippen molar-refractivity contribution < 1.29 is 0 Å². The van der Waals surface area contributed by atoms with Gasteiger partial charge in [-0.25, -0.2) is 0 Å². The summed E-state index contributed by atoms with van der Waals surface area (Å²) in [5.41, 5.74) is 7.04. The number of hydrogen-bond acceptors (Lipinski definition) is 2. The van der Waals surface area contributed by atoms with Crippen molar-refractivity contribution in [1.82, 2.24) is 9.78 Å². The zero-order chi connectivity index (χ0) is 9.14. The van der Waals surface area contributed by atoms with Gasteiger partial charge in [0.25, 0.3) is 0 Å². The van der Waals surface area contributed by atoms with E-state index in [1.165, 1.54) is 5.69 Å². The Bertz CT molecular complexity index is 240. The third-order valence-electron chi connectivity index (χ3n) is 2.30. The Balaban J connectivity index is 2.86. The smallest absolute Gasteiger partial charge is 0.0492 e. The second-order valence-corrected chi connectivity index (χ2v) is 3.22. The van der Waals surface area contributed by atoms with Gasteiger partial charge in [-0.15, -0.1) is 0 Å². The number of rotatable bonds is 3. The summed E-state index contributed by atoms with van der Waals surface area (Å²) in [6, 6.07) is 2.23. The molecule has 0 fully saturated rings. The number of aryl methyl sites for hydroxylation is 1. The molecule has 3 heteroatoms. The quantitative estimate of drug-likeness (QED) is 0.738. The van der Waals surface area contributed by atoms with Gasteiger partial charge in [0.1, 0.15) is 0 Å². The lowest BCUT2D eigenvalue weighted by molar-refractivity contribution is 0.532. The second kappa shape index (κ2) is 3.72. The van der Waals surface area contributed by atoms with Crippen LogP contribution in [0.5, 0.6) is 0 Å². The van der Waals surface area contributed by atoms with Crippen molar-refractivity contribution in [2.24, 2.45) is 5.73 Å². The SMILES string of the molecule is CCn1nccc1C(C)C(C)N. The first-order valence-electron chi connectivity index (χ1n) is 4.44. The predicted molar refractivity (Wildman–Crippen MR) is 50.0 cm³/mol. The van der Waals surface area contributed by atoms with Gasteiger partial charge in [0.05, 0.1) is 0 Å². The van der Waals surface area contributed by atoms with Crippen LogP contribution >= 0.6 is 0 Å². The largest absolute Gasteiger partial charge is 0.327 e. The van der Waals surface area contributed by atoms with E-state index in [9.17, 15) is 0 Å². The van der Waals surface area contributed by atoms with Gasteiger partial charge in [0.15, 0.2) is 0 Å². The third kappa shape index (κ3) is 1.67. The van der Waals surface area contributed by atoms with Gasteiger partial charge in [0.2, 0.25) is 0 Å². The number of hydrogen-bond donors (Lipinski definition) is 1. The van der Waals surface area contributed by atoms with Crippen LogP contribution in [-0.2, 0) is 6.54 Å². The molecule has 2 unspecified atom stereocenters. The van der Waals surface area contributed by atoms with Gasteiger partial charge in [-0.2, -0.15) is 5.10 Å². The number of nitrogens with zero attached hydrogens (tertiary/aromatic N) is 2. The van der Waals surface area contributed by atoms with E-state index in [4.69, 9.17) is 5.73 Å². The molecule has 0 aliphatic carbocycles. The van der Waals surface area contributed by atoms with E-state index >= 15 is 0 Å². The molecule has 0 aromatic carbocycles. The van der Waals surface area contributed by atoms with Crippen molar-refractivity contribution in [3.8, 4) is 0 Å². The van der Waals surface area contributed by atoms with E-state index in [1.54, 1.807) is 0 Å². The Kier molecular flexibility index (Phi) is 2.87. The summed E-state index contributed by atoms with van der Waals surface area (Å²) in [4.78, 5) is 0. The molecule has 1 rings (SSSR count). The molecule has 68 valence electrons. The van der Waals surface area contributed by atoms with Crippen LogP contribution in [0.15, 0.2) is 12.3 Å². The Morgan fingerprint density at radius 3 is 2.75 bits per heavy atom. The normalized spacial score (nSPS) is 16.0. The second-order valence-electron chi connectivity index (χ2n) is 3.22. The summed E-state index contributed by atoms with van der Waals surface area (Å²) in [5, 5.41) is 4.20. The van der Waals surface area contributed by atoms with Crippen LogP contribution in [0.1, 0.15) is 32.4 Å². The van der Waals surface area contributed by atoms with Gasteiger partial charge in [-0.1, -0.05) is 6.92 Å². The first-order chi connectivity index (χ1) is 5.66. The highest BCUT2D eigenvalue weighted by molar-refractivity contribution is 5.08. The molecular weight excluding hydrogens is 150 g/mol. The standard InChI is InChI=1S/C9H17N3/c1-4-12-9(5-6-11-12)7(2)8(3)10/h5-8H,4,10H2,1-3H3. The van der Waals surface area contributed by atoms with Crippen molar-refractivity contribution in [3.05, 3.63) is 18.0 Å². The highest BCUT2D eigenvalue weighted by Crippen LogP contribution is 2.16. The third-order valence-corrected chi connectivity index (χ3v) is 2.30. The maximum absolute atomic E-state index is 5.81. The molecule has 0 saturated carbocycles. The van der Waals surface area contributed by atoms with Crippen LogP contribution in [0.3, 0.4) is 0 Å². The van der Waals surface area contributed by atoms with E-state index < -0.39 is 0 Å². The first kappa shape index (κ1) is 9.26. The average Bonchev–Trinajstić information content (AvgIpc) is 2.49. The van der Waals surface area contributed by atoms with Crippen molar-refractivity contribution in [2.75, 3.05) is 0 Å². The summed E-state index contributed by atoms with van der Waals surface area (Å²) in [6.07, 6.45) is 1.83. The minimum atomic E-state index is 0.187. The van der Waals surface area contributed by atoms with Gasteiger partial charge in [0, 0.05) is 30.4 Å². The molecule has 0 spiro atoms. The Morgan fingerprint density at radius 1 is 1.58 bits per heavy atom. The van der Waals surface area contributed by atoms with Crippen LogP contribution < -0.4 is 5.73 Å². The summed E-state index contributed by atoms with van der Waals surface area (Å²) in [6.45, 7) is 7.16. The van der Waals surface area contributed by atoms with Crippen molar-refractivity contribution in [2.45, 2.75) is 39.3 Å². The molecule has 2 N–H and O–H groups in total. The first-order valence-corrected chi connectivity index (χ1v) is 4.44. The molecule has 12 heavy (non-hydrogen) atoms. The molecule has 0 saturated heterocycles. The van der Waals surface area contributed by atoms with Crippen molar-refractivity contribution >= 4 is 0 Å². The molecule has 0 bridgehead atoms. The lowest BCUT2D eigenvalue weighted by Gasteiger charge is -2.16. The Morgan fingerprint density at radius 2 is 2.25 bits per heavy atom. The molecule has 2 atom stereocenters. The van der Waals surface area contributed by atoms with E-state index in [1.807, 2.05) is 23.9 Å². The molecule has 1 aromatic heterocycles. The molecule has 3 nitrogen and oxygen atoms in total. The molecule has 0 aliphatic rings. The molecule has 0 amide bonds. The van der Waals surface area contributed by atoms with Gasteiger partial charge < -0.3 is 5.73 Å². The molecular formula is C9H17N3. The fraction of sp³-hybridized carbons (Fsp3) is 0.667. The maximum Gasteiger partial charge on any atom is 0.0492 e. The Hall–Kier alpha value is -0.830. The summed E-state index contributed by atoms with van der Waals surface area (Å²) < 4.78 is 1.99. The minimum Gasteiger partial charge on any atom is -0.327 e. The summed E-state index contributed by atoms with van der Waals surface area (Å²) in [5.74, 6) is 0.382. The predicted octanol–water partition coefficient (Wildman–Crippen LogP) is 1.35. The molecule has 0 radical (unpaired) electrons. The van der Waals surface area contributed by atoms with Crippen molar-refractivity contribution in [1.29, 1.82) is 0 Å². The molecule has 1 aromatic rings. The van der Waals surface area contributed by atoms with Crippen LogP contribution in [0.25, 0.3) is 0 Å². The minimum absolute atomic E-state index is 0.187. The zero-order valence-electron chi connectivity index (χ0n) is 7.99. The van der Waals surface area contributed by atoms with Gasteiger partial charge >= 0.3 is 0 Å². The van der Waals surface area contributed by atoms with Crippen LogP contribution in [0.2, 0.25) is 0 Å². The monoisotopic (exact) mass is 167 g/mol. The van der Waals surface area contributed by atoms with E-state index in [0.717, 1.165) is 6.54 Å². The van der Waals surface area contributed by atoms with E-state index in [-0.39, 0.29) is 6.04 Å². The maximum atomic E-state index is 5.81. The number of aromatic nitrogens is 2. The molecule has 0 aliphatic heterocycles. The summed E-state index contributed by atoms with van der Waals surface area (Å²) in [7, 11) is 0. The van der Waals surface area contributed by atoms with Crippen molar-refractivity contribution in [3.63, 3.8) is 0 Å². The summed E-state index contributed by atoms with van der Waals surface area (Å²) >= 11 is 0. The Labute approximate surface area is 73.6 Å². The van der Waals surface area contributed by atoms with Gasteiger partial charge in [-0.05, 0) is 19.9 Å². The highest BCUT2D eigenvalue weighted by Gasteiger charge is 2.13.